The second-order valence-corrected chi connectivity index (χ2v) is 5.53. The highest BCUT2D eigenvalue weighted by atomic mass is 32.1. The van der Waals surface area contributed by atoms with Crippen molar-refractivity contribution in [3.63, 3.8) is 0 Å². The molecule has 0 aliphatic carbocycles. The van der Waals surface area contributed by atoms with Crippen molar-refractivity contribution >= 4 is 11.3 Å². The van der Waals surface area contributed by atoms with Crippen molar-refractivity contribution in [1.29, 1.82) is 0 Å². The van der Waals surface area contributed by atoms with Gasteiger partial charge in [-0.05, 0) is 39.4 Å². The van der Waals surface area contributed by atoms with Crippen LogP contribution in [0.3, 0.4) is 0 Å². The van der Waals surface area contributed by atoms with Gasteiger partial charge in [-0.25, -0.2) is 4.98 Å². The molecule has 1 unspecified atom stereocenters. The van der Waals surface area contributed by atoms with E-state index in [0.29, 0.717) is 6.61 Å². The summed E-state index contributed by atoms with van der Waals surface area (Å²) < 4.78 is 5.51. The number of thiazole rings is 1. The second-order valence-electron chi connectivity index (χ2n) is 4.29. The maximum Gasteiger partial charge on any atom is 0.137 e. The Labute approximate surface area is 117 Å². The van der Waals surface area contributed by atoms with Crippen LogP contribution in [0.1, 0.15) is 34.1 Å². The van der Waals surface area contributed by atoms with Crippen LogP contribution in [0.25, 0.3) is 0 Å². The van der Waals surface area contributed by atoms with Crippen molar-refractivity contribution in [2.24, 2.45) is 0 Å². The number of nitrogens with zero attached hydrogens (tertiary/aromatic N) is 2. The average Bonchev–Trinajstić information content (AvgIpc) is 2.71. The predicted molar refractivity (Wildman–Crippen MR) is 77.9 cm³/mol. The van der Waals surface area contributed by atoms with Crippen molar-refractivity contribution in [1.82, 2.24) is 15.3 Å². The van der Waals surface area contributed by atoms with Gasteiger partial charge >= 0.3 is 0 Å². The second kappa shape index (κ2) is 6.12. The Morgan fingerprint density at radius 2 is 2.16 bits per heavy atom. The molecule has 2 aromatic rings. The zero-order valence-corrected chi connectivity index (χ0v) is 12.5. The van der Waals surface area contributed by atoms with Gasteiger partial charge in [0.15, 0.2) is 0 Å². The van der Waals surface area contributed by atoms with Gasteiger partial charge in [0.2, 0.25) is 0 Å². The molecule has 0 saturated heterocycles. The summed E-state index contributed by atoms with van der Waals surface area (Å²) in [5, 5.41) is 4.42. The van der Waals surface area contributed by atoms with E-state index in [9.17, 15) is 0 Å². The molecule has 0 amide bonds. The van der Waals surface area contributed by atoms with Gasteiger partial charge in [0.25, 0.3) is 0 Å². The van der Waals surface area contributed by atoms with Crippen LogP contribution in [0.4, 0.5) is 0 Å². The maximum atomic E-state index is 5.51. The van der Waals surface area contributed by atoms with E-state index in [-0.39, 0.29) is 6.04 Å². The predicted octanol–water partition coefficient (Wildman–Crippen LogP) is 2.86. The molecule has 1 atom stereocenters. The van der Waals surface area contributed by atoms with E-state index in [1.807, 2.05) is 40.1 Å². The fraction of sp³-hybridized carbons (Fsp3) is 0.429. The van der Waals surface area contributed by atoms with Crippen LogP contribution in [-0.2, 0) is 0 Å². The maximum absolute atomic E-state index is 5.51. The minimum Gasteiger partial charge on any atom is -0.492 e. The quantitative estimate of drug-likeness (QED) is 0.913. The minimum absolute atomic E-state index is 0.110. The average molecular weight is 277 g/mol. The van der Waals surface area contributed by atoms with Crippen molar-refractivity contribution in [2.45, 2.75) is 26.8 Å². The van der Waals surface area contributed by atoms with Crippen LogP contribution >= 0.6 is 11.3 Å². The third-order valence-corrected chi connectivity index (χ3v) is 4.01. The van der Waals surface area contributed by atoms with Crippen molar-refractivity contribution in [3.05, 3.63) is 39.6 Å². The molecule has 2 rings (SSSR count). The molecule has 0 bridgehead atoms. The first-order valence-electron chi connectivity index (χ1n) is 6.34. The van der Waals surface area contributed by atoms with Gasteiger partial charge in [0, 0.05) is 11.1 Å². The number of nitrogens with one attached hydrogen (secondary N) is 1. The first kappa shape index (κ1) is 14.0. The number of hydrogen-bond donors (Lipinski definition) is 1. The molecule has 0 aromatic carbocycles. The highest BCUT2D eigenvalue weighted by molar-refractivity contribution is 7.11. The Morgan fingerprint density at radius 3 is 2.74 bits per heavy atom. The Bertz CT molecular complexity index is 553. The van der Waals surface area contributed by atoms with E-state index in [1.54, 1.807) is 17.5 Å². The van der Waals surface area contributed by atoms with Gasteiger partial charge in [-0.2, -0.15) is 0 Å². The molecule has 0 fully saturated rings. The highest BCUT2D eigenvalue weighted by Gasteiger charge is 2.18. The van der Waals surface area contributed by atoms with Crippen LogP contribution < -0.4 is 10.1 Å². The van der Waals surface area contributed by atoms with E-state index < -0.39 is 0 Å². The largest absolute Gasteiger partial charge is 0.492 e. The Hall–Kier alpha value is -1.46. The van der Waals surface area contributed by atoms with Gasteiger partial charge in [-0.3, -0.25) is 4.98 Å². The van der Waals surface area contributed by atoms with Gasteiger partial charge in [0.1, 0.15) is 5.75 Å². The van der Waals surface area contributed by atoms with E-state index in [4.69, 9.17) is 4.74 Å². The molecular formula is C14H19N3OS. The monoisotopic (exact) mass is 277 g/mol. The topological polar surface area (TPSA) is 47.0 Å². The lowest BCUT2D eigenvalue weighted by molar-refractivity contribution is 0.338. The fourth-order valence-electron chi connectivity index (χ4n) is 2.10. The first-order valence-corrected chi connectivity index (χ1v) is 7.16. The SMILES string of the molecule is CCOc1cncc(C(NC)c2sc(C)nc2C)c1. The van der Waals surface area contributed by atoms with Crippen molar-refractivity contribution < 1.29 is 4.74 Å². The summed E-state index contributed by atoms with van der Waals surface area (Å²) in [5.74, 6) is 0.805. The molecular weight excluding hydrogens is 258 g/mol. The Morgan fingerprint density at radius 1 is 1.37 bits per heavy atom. The summed E-state index contributed by atoms with van der Waals surface area (Å²) in [6, 6.07) is 2.14. The summed E-state index contributed by atoms with van der Waals surface area (Å²) >= 11 is 1.72. The third kappa shape index (κ3) is 3.11. The molecule has 0 radical (unpaired) electrons. The lowest BCUT2D eigenvalue weighted by Crippen LogP contribution is -2.17. The van der Waals surface area contributed by atoms with Gasteiger partial charge in [-0.1, -0.05) is 0 Å². The van der Waals surface area contributed by atoms with Crippen LogP contribution in [0.15, 0.2) is 18.5 Å². The molecule has 19 heavy (non-hydrogen) atoms. The van der Waals surface area contributed by atoms with E-state index in [0.717, 1.165) is 22.0 Å². The van der Waals surface area contributed by atoms with Crippen LogP contribution in [-0.4, -0.2) is 23.6 Å². The number of pyridine rings is 1. The molecule has 1 N–H and O–H groups in total. The number of rotatable bonds is 5. The normalized spacial score (nSPS) is 12.4. The van der Waals surface area contributed by atoms with E-state index >= 15 is 0 Å². The summed E-state index contributed by atoms with van der Waals surface area (Å²) in [6.07, 6.45) is 3.61. The summed E-state index contributed by atoms with van der Waals surface area (Å²) in [5.41, 5.74) is 2.17. The van der Waals surface area contributed by atoms with Crippen molar-refractivity contribution in [3.8, 4) is 5.75 Å². The lowest BCUT2D eigenvalue weighted by Gasteiger charge is -2.16. The number of aromatic nitrogens is 2. The van der Waals surface area contributed by atoms with Gasteiger partial charge < -0.3 is 10.1 Å². The van der Waals surface area contributed by atoms with Gasteiger partial charge in [0.05, 0.1) is 29.5 Å². The summed E-state index contributed by atoms with van der Waals surface area (Å²) in [7, 11) is 1.95. The summed E-state index contributed by atoms with van der Waals surface area (Å²) in [4.78, 5) is 9.98. The Kier molecular flexibility index (Phi) is 4.50. The molecule has 0 aliphatic rings. The third-order valence-electron chi connectivity index (χ3n) is 2.87. The lowest BCUT2D eigenvalue weighted by atomic mass is 10.1. The highest BCUT2D eigenvalue weighted by Crippen LogP contribution is 2.30. The van der Waals surface area contributed by atoms with Gasteiger partial charge in [-0.15, -0.1) is 11.3 Å². The number of aryl methyl sites for hydroxylation is 2. The first-order chi connectivity index (χ1) is 9.15. The van der Waals surface area contributed by atoms with Crippen LogP contribution in [0.2, 0.25) is 0 Å². The number of hydrogen-bond acceptors (Lipinski definition) is 5. The standard InChI is InChI=1S/C14H19N3OS/c1-5-18-12-6-11(7-16-8-12)13(15-4)14-9(2)17-10(3)19-14/h6-8,13,15H,5H2,1-4H3. The Balaban J connectivity index is 2.36. The van der Waals surface area contributed by atoms with Crippen LogP contribution in [0.5, 0.6) is 5.75 Å². The summed E-state index contributed by atoms with van der Waals surface area (Å²) in [6.45, 7) is 6.69. The minimum atomic E-state index is 0.110. The van der Waals surface area contributed by atoms with E-state index in [2.05, 4.69) is 15.3 Å². The molecule has 2 aromatic heterocycles. The van der Waals surface area contributed by atoms with E-state index in [1.165, 1.54) is 4.88 Å². The molecule has 102 valence electrons. The zero-order valence-electron chi connectivity index (χ0n) is 11.7. The molecule has 5 heteroatoms. The zero-order chi connectivity index (χ0) is 13.8. The molecule has 2 heterocycles. The molecule has 4 nitrogen and oxygen atoms in total. The number of ether oxygens (including phenoxy) is 1. The molecule has 0 spiro atoms. The van der Waals surface area contributed by atoms with Crippen LogP contribution in [0, 0.1) is 13.8 Å². The molecule has 0 aliphatic heterocycles. The fourth-order valence-corrected chi connectivity index (χ4v) is 3.17. The molecule has 0 saturated carbocycles. The smallest absolute Gasteiger partial charge is 0.137 e. The van der Waals surface area contributed by atoms with Crippen molar-refractivity contribution in [2.75, 3.05) is 13.7 Å².